The standard InChI is InChI=1S/C14H10BrFN2O/c1-19-11-4-2-9(8-17)14(7-11)18-10-3-5-12(15)13(16)6-10/h2-7,18H,1H3. The summed E-state index contributed by atoms with van der Waals surface area (Å²) in [6.45, 7) is 0. The van der Waals surface area contributed by atoms with Gasteiger partial charge in [-0.2, -0.15) is 5.26 Å². The minimum absolute atomic E-state index is 0.369. The van der Waals surface area contributed by atoms with Crippen LogP contribution in [0.4, 0.5) is 15.8 Å². The van der Waals surface area contributed by atoms with E-state index < -0.39 is 0 Å². The van der Waals surface area contributed by atoms with Gasteiger partial charge in [-0.3, -0.25) is 0 Å². The molecule has 0 fully saturated rings. The van der Waals surface area contributed by atoms with Gasteiger partial charge in [0, 0.05) is 11.8 Å². The lowest BCUT2D eigenvalue weighted by Gasteiger charge is -2.10. The summed E-state index contributed by atoms with van der Waals surface area (Å²) in [5.74, 6) is 0.255. The molecule has 96 valence electrons. The number of ether oxygens (including phenoxy) is 1. The molecule has 0 bridgehead atoms. The van der Waals surface area contributed by atoms with Crippen LogP contribution in [0.15, 0.2) is 40.9 Å². The molecule has 2 aromatic carbocycles. The molecular formula is C14H10BrFN2O. The number of nitrogens with zero attached hydrogens (tertiary/aromatic N) is 1. The Morgan fingerprint density at radius 2 is 2.05 bits per heavy atom. The SMILES string of the molecule is COc1ccc(C#N)c(Nc2ccc(Br)c(F)c2)c1. The topological polar surface area (TPSA) is 45.0 Å². The molecule has 3 nitrogen and oxygen atoms in total. The maximum Gasteiger partial charge on any atom is 0.139 e. The second kappa shape index (κ2) is 5.72. The number of halogens is 2. The number of nitriles is 1. The van der Waals surface area contributed by atoms with Gasteiger partial charge in [-0.05, 0) is 46.3 Å². The second-order valence-corrected chi connectivity index (χ2v) is 4.63. The molecule has 0 unspecified atom stereocenters. The van der Waals surface area contributed by atoms with Crippen molar-refractivity contribution in [3.63, 3.8) is 0 Å². The van der Waals surface area contributed by atoms with E-state index in [1.807, 2.05) is 0 Å². The molecule has 0 spiro atoms. The van der Waals surface area contributed by atoms with E-state index in [2.05, 4.69) is 27.3 Å². The maximum absolute atomic E-state index is 13.4. The van der Waals surface area contributed by atoms with Gasteiger partial charge < -0.3 is 10.1 Å². The van der Waals surface area contributed by atoms with Crippen LogP contribution in [0.2, 0.25) is 0 Å². The molecule has 0 aliphatic rings. The molecule has 1 N–H and O–H groups in total. The molecular weight excluding hydrogens is 311 g/mol. The van der Waals surface area contributed by atoms with E-state index in [1.165, 1.54) is 6.07 Å². The zero-order valence-electron chi connectivity index (χ0n) is 10.1. The van der Waals surface area contributed by atoms with Crippen LogP contribution in [0, 0.1) is 17.1 Å². The van der Waals surface area contributed by atoms with Crippen LogP contribution in [0.25, 0.3) is 0 Å². The van der Waals surface area contributed by atoms with Gasteiger partial charge in [0.25, 0.3) is 0 Å². The average molecular weight is 321 g/mol. The van der Waals surface area contributed by atoms with Crippen molar-refractivity contribution in [3.8, 4) is 11.8 Å². The first-order chi connectivity index (χ1) is 9.13. The van der Waals surface area contributed by atoms with Crippen molar-refractivity contribution in [2.24, 2.45) is 0 Å². The highest BCUT2D eigenvalue weighted by atomic mass is 79.9. The van der Waals surface area contributed by atoms with Crippen LogP contribution in [0.1, 0.15) is 5.56 Å². The normalized spacial score (nSPS) is 9.79. The van der Waals surface area contributed by atoms with Gasteiger partial charge in [-0.1, -0.05) is 0 Å². The minimum atomic E-state index is -0.369. The number of hydrogen-bond donors (Lipinski definition) is 1. The van der Waals surface area contributed by atoms with Gasteiger partial charge >= 0.3 is 0 Å². The zero-order valence-corrected chi connectivity index (χ0v) is 11.7. The Morgan fingerprint density at radius 3 is 2.68 bits per heavy atom. The fraction of sp³-hybridized carbons (Fsp3) is 0.0714. The Hall–Kier alpha value is -2.06. The zero-order chi connectivity index (χ0) is 13.8. The fourth-order valence-corrected chi connectivity index (χ4v) is 1.83. The van der Waals surface area contributed by atoms with Crippen molar-refractivity contribution in [3.05, 3.63) is 52.3 Å². The molecule has 0 aliphatic carbocycles. The highest BCUT2D eigenvalue weighted by Crippen LogP contribution is 2.27. The van der Waals surface area contributed by atoms with E-state index in [0.29, 0.717) is 27.2 Å². The summed E-state index contributed by atoms with van der Waals surface area (Å²) in [4.78, 5) is 0. The number of hydrogen-bond acceptors (Lipinski definition) is 3. The summed E-state index contributed by atoms with van der Waals surface area (Å²) >= 11 is 3.09. The molecule has 0 saturated heterocycles. The van der Waals surface area contributed by atoms with Gasteiger partial charge in [0.15, 0.2) is 0 Å². The molecule has 0 atom stereocenters. The summed E-state index contributed by atoms with van der Waals surface area (Å²) < 4.78 is 18.9. The lowest BCUT2D eigenvalue weighted by molar-refractivity contribution is 0.415. The van der Waals surface area contributed by atoms with E-state index in [4.69, 9.17) is 10.00 Å². The number of anilines is 2. The van der Waals surface area contributed by atoms with Crippen LogP contribution in [-0.4, -0.2) is 7.11 Å². The van der Waals surface area contributed by atoms with Crippen molar-refractivity contribution in [2.45, 2.75) is 0 Å². The van der Waals surface area contributed by atoms with Crippen LogP contribution in [0.3, 0.4) is 0 Å². The van der Waals surface area contributed by atoms with Crippen LogP contribution in [0.5, 0.6) is 5.75 Å². The van der Waals surface area contributed by atoms with Gasteiger partial charge in [0.05, 0.1) is 22.8 Å². The van der Waals surface area contributed by atoms with Crippen molar-refractivity contribution >= 4 is 27.3 Å². The Morgan fingerprint density at radius 1 is 1.26 bits per heavy atom. The number of methoxy groups -OCH3 is 1. The number of rotatable bonds is 3. The molecule has 2 rings (SSSR count). The molecule has 2 aromatic rings. The summed E-state index contributed by atoms with van der Waals surface area (Å²) in [5, 5.41) is 12.0. The molecule has 0 heterocycles. The van der Waals surface area contributed by atoms with E-state index >= 15 is 0 Å². The van der Waals surface area contributed by atoms with Gasteiger partial charge in [0.2, 0.25) is 0 Å². The minimum Gasteiger partial charge on any atom is -0.497 e. The van der Waals surface area contributed by atoms with E-state index in [1.54, 1.807) is 37.4 Å². The van der Waals surface area contributed by atoms with Gasteiger partial charge in [-0.15, -0.1) is 0 Å². The predicted molar refractivity (Wildman–Crippen MR) is 75.1 cm³/mol. The molecule has 0 saturated carbocycles. The monoisotopic (exact) mass is 320 g/mol. The third-order valence-corrected chi connectivity index (χ3v) is 3.19. The van der Waals surface area contributed by atoms with Crippen molar-refractivity contribution in [1.82, 2.24) is 0 Å². The van der Waals surface area contributed by atoms with Crippen molar-refractivity contribution < 1.29 is 9.13 Å². The Bertz CT molecular complexity index is 652. The lowest BCUT2D eigenvalue weighted by Crippen LogP contribution is -1.95. The molecule has 0 aromatic heterocycles. The molecule has 0 amide bonds. The lowest BCUT2D eigenvalue weighted by atomic mass is 10.1. The first-order valence-corrected chi connectivity index (χ1v) is 6.23. The third kappa shape index (κ3) is 3.04. The van der Waals surface area contributed by atoms with Crippen molar-refractivity contribution in [1.29, 1.82) is 5.26 Å². The fourth-order valence-electron chi connectivity index (χ4n) is 1.58. The van der Waals surface area contributed by atoms with Crippen molar-refractivity contribution in [2.75, 3.05) is 12.4 Å². The highest BCUT2D eigenvalue weighted by Gasteiger charge is 2.06. The molecule has 0 aliphatic heterocycles. The summed E-state index contributed by atoms with van der Waals surface area (Å²) in [7, 11) is 1.55. The first-order valence-electron chi connectivity index (χ1n) is 5.44. The Balaban J connectivity index is 2.36. The second-order valence-electron chi connectivity index (χ2n) is 3.78. The van der Waals surface area contributed by atoms with Crippen LogP contribution >= 0.6 is 15.9 Å². The first kappa shape index (κ1) is 13.4. The summed E-state index contributed by atoms with van der Waals surface area (Å²) in [6, 6.07) is 11.8. The van der Waals surface area contributed by atoms with Gasteiger partial charge in [0.1, 0.15) is 17.6 Å². The van der Waals surface area contributed by atoms with Crippen LogP contribution in [-0.2, 0) is 0 Å². The Labute approximate surface area is 118 Å². The predicted octanol–water partition coefficient (Wildman–Crippen LogP) is 4.21. The number of nitrogens with one attached hydrogen (secondary N) is 1. The van der Waals surface area contributed by atoms with Gasteiger partial charge in [-0.25, -0.2) is 4.39 Å². The number of benzene rings is 2. The van der Waals surface area contributed by atoms with Crippen LogP contribution < -0.4 is 10.1 Å². The molecule has 19 heavy (non-hydrogen) atoms. The summed E-state index contributed by atoms with van der Waals surface area (Å²) in [6.07, 6.45) is 0. The van der Waals surface area contributed by atoms with E-state index in [-0.39, 0.29) is 5.82 Å². The molecule has 0 radical (unpaired) electrons. The Kier molecular flexibility index (Phi) is 4.03. The van der Waals surface area contributed by atoms with E-state index in [0.717, 1.165) is 0 Å². The largest absolute Gasteiger partial charge is 0.497 e. The van der Waals surface area contributed by atoms with E-state index in [9.17, 15) is 4.39 Å². The average Bonchev–Trinajstić information content (AvgIpc) is 2.43. The smallest absolute Gasteiger partial charge is 0.139 e. The third-order valence-electron chi connectivity index (χ3n) is 2.55. The molecule has 5 heteroatoms. The summed E-state index contributed by atoms with van der Waals surface area (Å²) in [5.41, 5.74) is 1.60. The quantitative estimate of drug-likeness (QED) is 0.921. The maximum atomic E-state index is 13.4. The highest BCUT2D eigenvalue weighted by molar-refractivity contribution is 9.10.